The fraction of sp³-hybridized carbons (Fsp3) is 0.625. The highest BCUT2D eigenvalue weighted by Gasteiger charge is 2.22. The molecule has 0 atom stereocenters. The highest BCUT2D eigenvalue weighted by Crippen LogP contribution is 2.30. The molecule has 0 radical (unpaired) electrons. The Labute approximate surface area is 116 Å². The van der Waals surface area contributed by atoms with Crippen molar-refractivity contribution in [1.29, 1.82) is 0 Å². The molecule has 1 N–H and O–H groups in total. The van der Waals surface area contributed by atoms with E-state index in [1.165, 1.54) is 31.2 Å². The minimum Gasteiger partial charge on any atom is -0.310 e. The van der Waals surface area contributed by atoms with Gasteiger partial charge in [0.25, 0.3) is 0 Å². The maximum atomic E-state index is 6.17. The summed E-state index contributed by atoms with van der Waals surface area (Å²) < 4.78 is 0. The molecule has 1 aliphatic carbocycles. The summed E-state index contributed by atoms with van der Waals surface area (Å²) in [5.41, 5.74) is 1.21. The molecule has 100 valence electrons. The molecule has 0 heterocycles. The lowest BCUT2D eigenvalue weighted by atomic mass is 9.80. The zero-order valence-corrected chi connectivity index (χ0v) is 12.2. The molecule has 0 bridgehead atoms. The van der Waals surface area contributed by atoms with Gasteiger partial charge in [0.2, 0.25) is 0 Å². The Morgan fingerprint density at radius 1 is 1.17 bits per heavy atom. The van der Waals surface area contributed by atoms with Gasteiger partial charge in [-0.3, -0.25) is 0 Å². The summed E-state index contributed by atoms with van der Waals surface area (Å²) in [5, 5.41) is 4.53. The molecule has 2 rings (SSSR count). The summed E-state index contributed by atoms with van der Waals surface area (Å²) in [6, 6.07) is 8.79. The average molecular weight is 266 g/mol. The van der Waals surface area contributed by atoms with Crippen LogP contribution in [0.3, 0.4) is 0 Å². The van der Waals surface area contributed by atoms with E-state index in [4.69, 9.17) is 11.6 Å². The summed E-state index contributed by atoms with van der Waals surface area (Å²) in [5.74, 6) is 1.78. The van der Waals surface area contributed by atoms with Gasteiger partial charge < -0.3 is 5.32 Å². The van der Waals surface area contributed by atoms with Gasteiger partial charge in [0.05, 0.1) is 0 Å². The van der Waals surface area contributed by atoms with Crippen molar-refractivity contribution in [3.05, 3.63) is 34.9 Å². The third kappa shape index (κ3) is 3.73. The van der Waals surface area contributed by atoms with Gasteiger partial charge in [-0.2, -0.15) is 0 Å². The molecule has 1 aromatic carbocycles. The molecule has 0 saturated heterocycles. The second-order valence-electron chi connectivity index (χ2n) is 5.83. The predicted octanol–water partition coefficient (Wildman–Crippen LogP) is 4.64. The normalized spacial score (nSPS) is 24.4. The van der Waals surface area contributed by atoms with Crippen molar-refractivity contribution in [2.24, 2.45) is 11.8 Å². The maximum absolute atomic E-state index is 6.17. The van der Waals surface area contributed by atoms with Crippen LogP contribution >= 0.6 is 11.6 Å². The minimum atomic E-state index is 0.677. The van der Waals surface area contributed by atoms with Crippen LogP contribution in [0.25, 0.3) is 0 Å². The average Bonchev–Trinajstić information content (AvgIpc) is 2.38. The Bertz CT molecular complexity index is 367. The first kappa shape index (κ1) is 13.9. The predicted molar refractivity (Wildman–Crippen MR) is 78.9 cm³/mol. The summed E-state index contributed by atoms with van der Waals surface area (Å²) >= 11 is 6.17. The quantitative estimate of drug-likeness (QED) is 0.836. The van der Waals surface area contributed by atoms with Crippen LogP contribution in [0.5, 0.6) is 0 Å². The molecule has 0 spiro atoms. The van der Waals surface area contributed by atoms with Gasteiger partial charge in [-0.15, -0.1) is 0 Å². The van der Waals surface area contributed by atoms with Crippen LogP contribution in [0.15, 0.2) is 24.3 Å². The van der Waals surface area contributed by atoms with Gasteiger partial charge in [-0.1, -0.05) is 43.6 Å². The molecule has 1 aromatic rings. The smallest absolute Gasteiger partial charge is 0.0450 e. The largest absolute Gasteiger partial charge is 0.310 e. The number of hydrogen-bond donors (Lipinski definition) is 1. The third-order valence-electron chi connectivity index (χ3n) is 4.25. The van der Waals surface area contributed by atoms with Crippen molar-refractivity contribution in [2.75, 3.05) is 0 Å². The van der Waals surface area contributed by atoms with Gasteiger partial charge in [-0.05, 0) is 49.1 Å². The lowest BCUT2D eigenvalue weighted by Crippen LogP contribution is -2.33. The fourth-order valence-corrected chi connectivity index (χ4v) is 3.09. The van der Waals surface area contributed by atoms with Gasteiger partial charge >= 0.3 is 0 Å². The second-order valence-corrected chi connectivity index (χ2v) is 6.24. The van der Waals surface area contributed by atoms with Crippen LogP contribution in [0.1, 0.15) is 45.1 Å². The second kappa shape index (κ2) is 6.58. The van der Waals surface area contributed by atoms with E-state index in [9.17, 15) is 0 Å². The number of halogens is 1. The monoisotopic (exact) mass is 265 g/mol. The number of rotatable bonds is 4. The van der Waals surface area contributed by atoms with Gasteiger partial charge in [0, 0.05) is 17.6 Å². The lowest BCUT2D eigenvalue weighted by molar-refractivity contribution is 0.238. The Morgan fingerprint density at radius 2 is 1.83 bits per heavy atom. The Balaban J connectivity index is 1.77. The molecule has 2 heteroatoms. The van der Waals surface area contributed by atoms with Gasteiger partial charge in [0.1, 0.15) is 0 Å². The van der Waals surface area contributed by atoms with Crippen molar-refractivity contribution < 1.29 is 0 Å². The van der Waals surface area contributed by atoms with Crippen LogP contribution in [0.4, 0.5) is 0 Å². The van der Waals surface area contributed by atoms with E-state index < -0.39 is 0 Å². The molecule has 0 amide bonds. The first-order valence-electron chi connectivity index (χ1n) is 7.13. The highest BCUT2D eigenvalue weighted by molar-refractivity contribution is 6.31. The third-order valence-corrected chi connectivity index (χ3v) is 4.62. The van der Waals surface area contributed by atoms with Crippen molar-refractivity contribution in [2.45, 2.75) is 52.1 Å². The Hall–Kier alpha value is -0.530. The summed E-state index contributed by atoms with van der Waals surface area (Å²) in [7, 11) is 0. The van der Waals surface area contributed by atoms with E-state index in [0.29, 0.717) is 6.04 Å². The molecule has 1 fully saturated rings. The number of benzene rings is 1. The molecule has 1 aliphatic rings. The summed E-state index contributed by atoms with van der Waals surface area (Å²) in [4.78, 5) is 0. The Kier molecular flexibility index (Phi) is 5.08. The molecular weight excluding hydrogens is 242 g/mol. The molecule has 18 heavy (non-hydrogen) atoms. The van der Waals surface area contributed by atoms with E-state index in [1.807, 2.05) is 12.1 Å². The molecular formula is C16H24ClN. The fourth-order valence-electron chi connectivity index (χ4n) is 2.89. The maximum Gasteiger partial charge on any atom is 0.0450 e. The van der Waals surface area contributed by atoms with E-state index in [1.54, 1.807) is 0 Å². The lowest BCUT2D eigenvalue weighted by Gasteiger charge is -2.31. The van der Waals surface area contributed by atoms with Crippen molar-refractivity contribution in [1.82, 2.24) is 5.32 Å². The van der Waals surface area contributed by atoms with E-state index in [2.05, 4.69) is 31.3 Å². The topological polar surface area (TPSA) is 12.0 Å². The summed E-state index contributed by atoms with van der Waals surface area (Å²) in [6.45, 7) is 5.60. The zero-order chi connectivity index (χ0) is 13.0. The van der Waals surface area contributed by atoms with Crippen LogP contribution in [0.2, 0.25) is 5.02 Å². The van der Waals surface area contributed by atoms with Gasteiger partial charge in [0.15, 0.2) is 0 Å². The molecule has 0 unspecified atom stereocenters. The SMILES string of the molecule is CC(C)C1CCC(NCc2ccccc2Cl)CC1. The molecule has 1 nitrogen and oxygen atoms in total. The molecule has 0 aromatic heterocycles. The van der Waals surface area contributed by atoms with E-state index in [0.717, 1.165) is 23.4 Å². The van der Waals surface area contributed by atoms with Crippen LogP contribution in [0, 0.1) is 11.8 Å². The van der Waals surface area contributed by atoms with E-state index >= 15 is 0 Å². The molecule has 0 aliphatic heterocycles. The van der Waals surface area contributed by atoms with Crippen LogP contribution < -0.4 is 5.32 Å². The van der Waals surface area contributed by atoms with Crippen molar-refractivity contribution >= 4 is 11.6 Å². The standard InChI is InChI=1S/C16H24ClN/c1-12(2)13-7-9-15(10-8-13)18-11-14-5-3-4-6-16(14)17/h3-6,12-13,15,18H,7-11H2,1-2H3. The van der Waals surface area contributed by atoms with Crippen molar-refractivity contribution in [3.8, 4) is 0 Å². The first-order valence-corrected chi connectivity index (χ1v) is 7.51. The van der Waals surface area contributed by atoms with Crippen LogP contribution in [-0.4, -0.2) is 6.04 Å². The zero-order valence-electron chi connectivity index (χ0n) is 11.5. The van der Waals surface area contributed by atoms with Crippen molar-refractivity contribution in [3.63, 3.8) is 0 Å². The highest BCUT2D eigenvalue weighted by atomic mass is 35.5. The first-order chi connectivity index (χ1) is 8.66. The number of nitrogens with one attached hydrogen (secondary N) is 1. The number of hydrogen-bond acceptors (Lipinski definition) is 1. The van der Waals surface area contributed by atoms with Gasteiger partial charge in [-0.25, -0.2) is 0 Å². The summed E-state index contributed by atoms with van der Waals surface area (Å²) in [6.07, 6.45) is 5.37. The minimum absolute atomic E-state index is 0.677. The Morgan fingerprint density at radius 3 is 2.44 bits per heavy atom. The molecule has 1 saturated carbocycles. The van der Waals surface area contributed by atoms with E-state index in [-0.39, 0.29) is 0 Å². The van der Waals surface area contributed by atoms with Crippen LogP contribution in [-0.2, 0) is 6.54 Å².